The van der Waals surface area contributed by atoms with Gasteiger partial charge < -0.3 is 30.2 Å². The van der Waals surface area contributed by atoms with E-state index in [1.165, 1.54) is 19.3 Å². The Morgan fingerprint density at radius 3 is 2.63 bits per heavy atom. The number of amides is 2. The Morgan fingerprint density at radius 2 is 1.95 bits per heavy atom. The number of nitrogens with two attached hydrogens (primary N) is 1. The molecule has 2 aliphatic rings. The molecule has 0 bridgehead atoms. The van der Waals surface area contributed by atoms with E-state index in [-0.39, 0.29) is 19.1 Å². The summed E-state index contributed by atoms with van der Waals surface area (Å²) in [6.45, 7) is 10.6. The Morgan fingerprint density at radius 1 is 1.21 bits per heavy atom. The predicted octanol–water partition coefficient (Wildman–Crippen LogP) is 2.68. The summed E-state index contributed by atoms with van der Waals surface area (Å²) in [4.78, 5) is 27.1. The van der Waals surface area contributed by atoms with Crippen LogP contribution in [-0.2, 0) is 25.6 Å². The highest BCUT2D eigenvalue weighted by molar-refractivity contribution is 5.85. The van der Waals surface area contributed by atoms with Crippen molar-refractivity contribution in [2.45, 2.75) is 65.1 Å². The van der Waals surface area contributed by atoms with Crippen LogP contribution in [0.25, 0.3) is 5.65 Å². The number of carbonyl (C=O) groups excluding carboxylic acids is 2. The lowest BCUT2D eigenvalue weighted by Gasteiger charge is -2.38. The Kier molecular flexibility index (Phi) is 9.22. The summed E-state index contributed by atoms with van der Waals surface area (Å²) in [7, 11) is 0. The summed E-state index contributed by atoms with van der Waals surface area (Å²) in [5.74, 6) is 2.12. The molecule has 0 radical (unpaired) electrons. The maximum atomic E-state index is 12.9. The third-order valence-corrected chi connectivity index (χ3v) is 7.67. The van der Waals surface area contributed by atoms with E-state index >= 15 is 0 Å². The minimum atomic E-state index is -1.08. The third kappa shape index (κ3) is 6.81. The van der Waals surface area contributed by atoms with E-state index in [2.05, 4.69) is 29.4 Å². The highest BCUT2D eigenvalue weighted by atomic mass is 16.6. The van der Waals surface area contributed by atoms with Crippen molar-refractivity contribution >= 4 is 17.6 Å². The fourth-order valence-electron chi connectivity index (χ4n) is 4.96. The van der Waals surface area contributed by atoms with Crippen LogP contribution in [0.3, 0.4) is 0 Å². The number of nitrogens with zero attached hydrogens (tertiary/aromatic N) is 4. The molecule has 1 aliphatic carbocycles. The van der Waals surface area contributed by atoms with Crippen LogP contribution in [0.1, 0.15) is 64.5 Å². The third-order valence-electron chi connectivity index (χ3n) is 7.67. The van der Waals surface area contributed by atoms with Gasteiger partial charge in [0, 0.05) is 19.7 Å². The first kappa shape index (κ1) is 28.3. The van der Waals surface area contributed by atoms with Gasteiger partial charge in [-0.3, -0.25) is 9.20 Å². The second kappa shape index (κ2) is 12.4. The molecule has 4 rings (SSSR count). The molecule has 11 nitrogen and oxygen atoms in total. The lowest BCUT2D eigenvalue weighted by Crippen LogP contribution is -2.51. The Balaban J connectivity index is 1.49. The van der Waals surface area contributed by atoms with E-state index in [0.717, 1.165) is 5.92 Å². The summed E-state index contributed by atoms with van der Waals surface area (Å²) in [6, 6.07) is 4.91. The fraction of sp³-hybridized carbons (Fsp3) is 0.704. The van der Waals surface area contributed by atoms with E-state index in [4.69, 9.17) is 19.9 Å². The number of aromatic nitrogens is 3. The van der Waals surface area contributed by atoms with Gasteiger partial charge in [0.2, 0.25) is 5.91 Å². The first-order valence-corrected chi connectivity index (χ1v) is 13.7. The predicted molar refractivity (Wildman–Crippen MR) is 141 cm³/mol. The van der Waals surface area contributed by atoms with Crippen LogP contribution in [0, 0.1) is 17.8 Å². The summed E-state index contributed by atoms with van der Waals surface area (Å²) < 4.78 is 18.9. The second-order valence-corrected chi connectivity index (χ2v) is 11.2. The number of nitrogens with one attached hydrogen (secondary N) is 1. The number of morpholine rings is 1. The first-order chi connectivity index (χ1) is 18.2. The number of pyridine rings is 1. The van der Waals surface area contributed by atoms with Crippen LogP contribution < -0.4 is 11.1 Å². The topological polar surface area (TPSA) is 133 Å². The van der Waals surface area contributed by atoms with Gasteiger partial charge in [-0.2, -0.15) is 0 Å². The molecule has 0 spiro atoms. The molecule has 2 aromatic heterocycles. The van der Waals surface area contributed by atoms with Gasteiger partial charge >= 0.3 is 6.09 Å². The molecular weight excluding hydrogens is 488 g/mol. The number of ether oxygens (including phenoxy) is 3. The largest absolute Gasteiger partial charge is 0.443 e. The Labute approximate surface area is 224 Å². The van der Waals surface area contributed by atoms with Gasteiger partial charge in [-0.05, 0) is 56.6 Å². The Bertz CT molecular complexity index is 1090. The minimum absolute atomic E-state index is 0.0276. The van der Waals surface area contributed by atoms with Gasteiger partial charge in [0.1, 0.15) is 12.6 Å². The molecule has 11 heteroatoms. The smallest absolute Gasteiger partial charge is 0.410 e. The van der Waals surface area contributed by atoms with Crippen molar-refractivity contribution in [3.8, 4) is 0 Å². The van der Waals surface area contributed by atoms with E-state index in [0.29, 0.717) is 61.9 Å². The average molecular weight is 531 g/mol. The van der Waals surface area contributed by atoms with Crippen LogP contribution in [0.15, 0.2) is 18.2 Å². The van der Waals surface area contributed by atoms with Crippen LogP contribution in [0.2, 0.25) is 0 Å². The van der Waals surface area contributed by atoms with Gasteiger partial charge in [0.15, 0.2) is 11.5 Å². The van der Waals surface area contributed by atoms with Gasteiger partial charge in [-0.25, -0.2) is 4.79 Å². The van der Waals surface area contributed by atoms with E-state index in [9.17, 15) is 9.59 Å². The minimum Gasteiger partial charge on any atom is -0.443 e. The van der Waals surface area contributed by atoms with Crippen molar-refractivity contribution in [1.82, 2.24) is 24.8 Å². The Hall–Kier alpha value is -2.76. The molecular formula is C27H42N6O5. The van der Waals surface area contributed by atoms with Crippen molar-refractivity contribution in [1.29, 1.82) is 0 Å². The molecule has 1 saturated carbocycles. The van der Waals surface area contributed by atoms with E-state index < -0.39 is 17.7 Å². The summed E-state index contributed by atoms with van der Waals surface area (Å²) >= 11 is 0. The van der Waals surface area contributed by atoms with Crippen molar-refractivity contribution in [3.63, 3.8) is 0 Å². The molecule has 3 N–H and O–H groups in total. The molecule has 1 saturated heterocycles. The second-order valence-electron chi connectivity index (χ2n) is 11.2. The van der Waals surface area contributed by atoms with Crippen LogP contribution in [0.5, 0.6) is 0 Å². The fourth-order valence-corrected chi connectivity index (χ4v) is 4.96. The summed E-state index contributed by atoms with van der Waals surface area (Å²) in [5.41, 5.74) is 6.26. The van der Waals surface area contributed by atoms with Gasteiger partial charge in [-0.1, -0.05) is 26.3 Å². The number of hydrogen-bond acceptors (Lipinski definition) is 8. The lowest BCUT2D eigenvalue weighted by molar-refractivity contribution is -0.126. The highest BCUT2D eigenvalue weighted by Crippen LogP contribution is 2.40. The van der Waals surface area contributed by atoms with Crippen LogP contribution in [-0.4, -0.2) is 76.6 Å². The van der Waals surface area contributed by atoms with E-state index in [1.807, 2.05) is 22.6 Å². The molecule has 3 heterocycles. The molecule has 210 valence electrons. The maximum Gasteiger partial charge on any atom is 0.410 e. The zero-order valence-corrected chi connectivity index (χ0v) is 23.0. The number of fused-ring (bicyclic) bond motifs is 1. The van der Waals surface area contributed by atoms with E-state index in [1.54, 1.807) is 18.7 Å². The SMILES string of the molecule is CCC1CC([C@H](C)COC[C@@H](NC(=O)C(C)(C)N)c2nnc3cccc(COC(=O)N4CCOCC4)n23)C1. The first-order valence-electron chi connectivity index (χ1n) is 13.7. The normalized spacial score (nSPS) is 21.6. The monoisotopic (exact) mass is 530 g/mol. The molecule has 2 fully saturated rings. The van der Waals surface area contributed by atoms with Gasteiger partial charge in [0.25, 0.3) is 0 Å². The zero-order valence-electron chi connectivity index (χ0n) is 23.0. The number of carbonyl (C=O) groups is 2. The maximum absolute atomic E-state index is 12.9. The molecule has 1 aliphatic heterocycles. The van der Waals surface area contributed by atoms with Gasteiger partial charge in [0.05, 0.1) is 31.1 Å². The molecule has 38 heavy (non-hydrogen) atoms. The molecule has 2 amide bonds. The van der Waals surface area contributed by atoms with Crippen LogP contribution in [0.4, 0.5) is 4.79 Å². The van der Waals surface area contributed by atoms with Crippen LogP contribution >= 0.6 is 0 Å². The summed E-state index contributed by atoms with van der Waals surface area (Å²) in [6.07, 6.45) is 3.35. The van der Waals surface area contributed by atoms with Crippen molar-refractivity contribution in [3.05, 3.63) is 29.7 Å². The van der Waals surface area contributed by atoms with Crippen molar-refractivity contribution in [2.75, 3.05) is 39.5 Å². The molecule has 2 atom stereocenters. The molecule has 0 unspecified atom stereocenters. The average Bonchev–Trinajstić information content (AvgIpc) is 3.30. The quantitative estimate of drug-likeness (QED) is 0.453. The standard InChI is InChI=1S/C27H42N6O5/c1-5-19-13-20(14-19)18(2)15-37-17-22(29-25(34)27(3,4)28)24-31-30-23-8-6-7-21(33(23)24)16-38-26(35)32-9-11-36-12-10-32/h6-8,18-20,22H,5,9-17,28H2,1-4H3,(H,29,34)/t18-,19?,20?,22-/m1/s1. The van der Waals surface area contributed by atoms with Gasteiger partial charge in [-0.15, -0.1) is 10.2 Å². The zero-order chi connectivity index (χ0) is 27.3. The summed E-state index contributed by atoms with van der Waals surface area (Å²) in [5, 5.41) is 11.7. The number of rotatable bonds is 11. The lowest BCUT2D eigenvalue weighted by atomic mass is 9.68. The highest BCUT2D eigenvalue weighted by Gasteiger charge is 2.33. The molecule has 2 aromatic rings. The van der Waals surface area contributed by atoms with Crippen molar-refractivity contribution < 1.29 is 23.8 Å². The number of hydrogen-bond donors (Lipinski definition) is 2. The van der Waals surface area contributed by atoms with Crippen molar-refractivity contribution in [2.24, 2.45) is 23.5 Å². The molecule has 0 aromatic carbocycles.